The third kappa shape index (κ3) is 3.10. The molecule has 0 aliphatic heterocycles. The minimum absolute atomic E-state index is 0.253. The van der Waals surface area contributed by atoms with E-state index in [0.717, 1.165) is 5.56 Å². The summed E-state index contributed by atoms with van der Waals surface area (Å²) >= 11 is 6.12. The summed E-state index contributed by atoms with van der Waals surface area (Å²) in [4.78, 5) is 16.7. The highest BCUT2D eigenvalue weighted by Crippen LogP contribution is 2.24. The lowest BCUT2D eigenvalue weighted by Crippen LogP contribution is -2.13. The Balaban J connectivity index is 1.89. The van der Waals surface area contributed by atoms with Crippen molar-refractivity contribution in [3.05, 3.63) is 70.6 Å². The number of nitrogens with zero attached hydrogens (tertiary/aromatic N) is 3. The van der Waals surface area contributed by atoms with Gasteiger partial charge in [-0.25, -0.2) is 9.67 Å². The molecule has 1 amide bonds. The van der Waals surface area contributed by atoms with E-state index in [-0.39, 0.29) is 5.91 Å². The fourth-order valence-corrected chi connectivity index (χ4v) is 2.43. The molecule has 2 heterocycles. The number of carbonyl (C=O) groups is 1. The van der Waals surface area contributed by atoms with Gasteiger partial charge in [-0.1, -0.05) is 23.7 Å². The predicted molar refractivity (Wildman–Crippen MR) is 90.2 cm³/mol. The van der Waals surface area contributed by atoms with Crippen LogP contribution in [0.2, 0.25) is 5.02 Å². The molecule has 3 aromatic rings. The summed E-state index contributed by atoms with van der Waals surface area (Å²) in [5.41, 5.74) is 2.80. The molecule has 0 unspecified atom stereocenters. The van der Waals surface area contributed by atoms with Crippen LogP contribution in [-0.4, -0.2) is 20.7 Å². The largest absolute Gasteiger partial charge is 0.321 e. The van der Waals surface area contributed by atoms with E-state index in [4.69, 9.17) is 11.6 Å². The van der Waals surface area contributed by atoms with Crippen molar-refractivity contribution in [3.63, 3.8) is 0 Å². The highest BCUT2D eigenvalue weighted by Gasteiger charge is 2.16. The summed E-state index contributed by atoms with van der Waals surface area (Å²) in [6.07, 6.45) is 3.21. The van der Waals surface area contributed by atoms with Crippen LogP contribution < -0.4 is 5.32 Å². The van der Waals surface area contributed by atoms with Gasteiger partial charge < -0.3 is 5.32 Å². The summed E-state index contributed by atoms with van der Waals surface area (Å²) in [6.45, 7) is 3.77. The molecule has 0 aliphatic carbocycles. The first-order valence-corrected chi connectivity index (χ1v) is 7.47. The van der Waals surface area contributed by atoms with E-state index in [1.807, 2.05) is 44.2 Å². The van der Waals surface area contributed by atoms with Gasteiger partial charge >= 0.3 is 0 Å². The zero-order valence-corrected chi connectivity index (χ0v) is 13.5. The van der Waals surface area contributed by atoms with Gasteiger partial charge in [-0.3, -0.25) is 4.79 Å². The van der Waals surface area contributed by atoms with Crippen molar-refractivity contribution in [1.29, 1.82) is 0 Å². The SMILES string of the molecule is Cc1ccc(Cl)c(NC(=O)c2cnn(-c3ccccn3)c2C)c1. The monoisotopic (exact) mass is 326 g/mol. The maximum absolute atomic E-state index is 12.5. The van der Waals surface area contributed by atoms with Crippen LogP contribution in [0, 0.1) is 13.8 Å². The quantitative estimate of drug-likeness (QED) is 0.796. The molecule has 0 bridgehead atoms. The number of pyridine rings is 1. The minimum atomic E-state index is -0.253. The standard InChI is InChI=1S/C17H15ClN4O/c1-11-6-7-14(18)15(9-11)21-17(23)13-10-20-22(12(13)2)16-5-3-4-8-19-16/h3-10H,1-2H3,(H,21,23). The molecule has 23 heavy (non-hydrogen) atoms. The highest BCUT2D eigenvalue weighted by molar-refractivity contribution is 6.34. The van der Waals surface area contributed by atoms with Gasteiger partial charge in [0.2, 0.25) is 0 Å². The Hall–Kier alpha value is -2.66. The topological polar surface area (TPSA) is 59.8 Å². The first kappa shape index (κ1) is 15.2. The molecule has 5 nitrogen and oxygen atoms in total. The summed E-state index contributed by atoms with van der Waals surface area (Å²) in [5, 5.41) is 7.58. The lowest BCUT2D eigenvalue weighted by Gasteiger charge is -2.08. The van der Waals surface area contributed by atoms with Crippen molar-refractivity contribution in [2.45, 2.75) is 13.8 Å². The van der Waals surface area contributed by atoms with Crippen LogP contribution in [-0.2, 0) is 0 Å². The molecule has 0 saturated heterocycles. The Morgan fingerprint density at radius 3 is 2.78 bits per heavy atom. The van der Waals surface area contributed by atoms with Gasteiger partial charge in [-0.2, -0.15) is 5.10 Å². The molecule has 0 saturated carbocycles. The van der Waals surface area contributed by atoms with Gasteiger partial charge in [-0.15, -0.1) is 0 Å². The fraction of sp³-hybridized carbons (Fsp3) is 0.118. The van der Waals surface area contributed by atoms with Gasteiger partial charge in [-0.05, 0) is 43.7 Å². The number of aromatic nitrogens is 3. The number of halogens is 1. The molecule has 1 aromatic carbocycles. The van der Waals surface area contributed by atoms with Gasteiger partial charge in [0.25, 0.3) is 5.91 Å². The number of anilines is 1. The van der Waals surface area contributed by atoms with Crippen molar-refractivity contribution in [2.24, 2.45) is 0 Å². The Morgan fingerprint density at radius 1 is 1.22 bits per heavy atom. The molecule has 0 atom stereocenters. The lowest BCUT2D eigenvalue weighted by molar-refractivity contribution is 0.102. The van der Waals surface area contributed by atoms with Crippen LogP contribution in [0.25, 0.3) is 5.82 Å². The summed E-state index contributed by atoms with van der Waals surface area (Å²) in [6, 6.07) is 11.0. The molecule has 116 valence electrons. The lowest BCUT2D eigenvalue weighted by atomic mass is 10.2. The van der Waals surface area contributed by atoms with Crippen molar-refractivity contribution in [3.8, 4) is 5.82 Å². The molecular formula is C17H15ClN4O. The molecule has 0 radical (unpaired) electrons. The first-order chi connectivity index (χ1) is 11.1. The van der Waals surface area contributed by atoms with Gasteiger partial charge in [0.05, 0.1) is 28.2 Å². The number of carbonyl (C=O) groups excluding carboxylic acids is 1. The molecular weight excluding hydrogens is 312 g/mol. The maximum atomic E-state index is 12.5. The van der Waals surface area contributed by atoms with Crippen molar-refractivity contribution >= 4 is 23.2 Å². The molecule has 6 heteroatoms. The fourth-order valence-electron chi connectivity index (χ4n) is 2.27. The number of aryl methyl sites for hydroxylation is 1. The molecule has 0 aliphatic rings. The molecule has 0 spiro atoms. The Bertz CT molecular complexity index is 858. The third-order valence-electron chi connectivity index (χ3n) is 3.49. The van der Waals surface area contributed by atoms with Crippen LogP contribution in [0.15, 0.2) is 48.8 Å². The van der Waals surface area contributed by atoms with Crippen LogP contribution in [0.5, 0.6) is 0 Å². The number of nitrogens with one attached hydrogen (secondary N) is 1. The first-order valence-electron chi connectivity index (χ1n) is 7.10. The van der Waals surface area contributed by atoms with Crippen LogP contribution in [0.4, 0.5) is 5.69 Å². The van der Waals surface area contributed by atoms with Gasteiger partial charge in [0.1, 0.15) is 0 Å². The summed E-state index contributed by atoms with van der Waals surface area (Å²) in [7, 11) is 0. The molecule has 2 aromatic heterocycles. The second kappa shape index (κ2) is 6.22. The number of benzene rings is 1. The average molecular weight is 327 g/mol. The summed E-state index contributed by atoms with van der Waals surface area (Å²) < 4.78 is 1.63. The molecule has 1 N–H and O–H groups in total. The average Bonchev–Trinajstić information content (AvgIpc) is 2.93. The summed E-state index contributed by atoms with van der Waals surface area (Å²) in [5.74, 6) is 0.412. The van der Waals surface area contributed by atoms with Gasteiger partial charge in [0.15, 0.2) is 5.82 Å². The Morgan fingerprint density at radius 2 is 2.04 bits per heavy atom. The smallest absolute Gasteiger partial charge is 0.259 e. The van der Waals surface area contributed by atoms with E-state index in [0.29, 0.717) is 27.8 Å². The van der Waals surface area contributed by atoms with Crippen molar-refractivity contribution in [1.82, 2.24) is 14.8 Å². The van der Waals surface area contributed by atoms with Crippen molar-refractivity contribution in [2.75, 3.05) is 5.32 Å². The maximum Gasteiger partial charge on any atom is 0.259 e. The second-order valence-electron chi connectivity index (χ2n) is 5.18. The zero-order chi connectivity index (χ0) is 16.4. The second-order valence-corrected chi connectivity index (χ2v) is 5.59. The third-order valence-corrected chi connectivity index (χ3v) is 3.82. The van der Waals surface area contributed by atoms with E-state index in [1.165, 1.54) is 6.20 Å². The normalized spacial score (nSPS) is 10.6. The number of hydrogen-bond acceptors (Lipinski definition) is 3. The number of hydrogen-bond donors (Lipinski definition) is 1. The van der Waals surface area contributed by atoms with Crippen LogP contribution >= 0.6 is 11.6 Å². The number of amides is 1. The van der Waals surface area contributed by atoms with E-state index in [9.17, 15) is 4.79 Å². The van der Waals surface area contributed by atoms with E-state index < -0.39 is 0 Å². The van der Waals surface area contributed by atoms with Crippen LogP contribution in [0.3, 0.4) is 0 Å². The zero-order valence-electron chi connectivity index (χ0n) is 12.7. The Kier molecular flexibility index (Phi) is 4.12. The molecule has 0 fully saturated rings. The van der Waals surface area contributed by atoms with E-state index >= 15 is 0 Å². The molecule has 3 rings (SSSR count). The van der Waals surface area contributed by atoms with E-state index in [2.05, 4.69) is 15.4 Å². The predicted octanol–water partition coefficient (Wildman–Crippen LogP) is 3.79. The number of rotatable bonds is 3. The Labute approximate surface area is 138 Å². The van der Waals surface area contributed by atoms with Gasteiger partial charge in [0, 0.05) is 6.20 Å². The highest BCUT2D eigenvalue weighted by atomic mass is 35.5. The van der Waals surface area contributed by atoms with Crippen molar-refractivity contribution < 1.29 is 4.79 Å². The van der Waals surface area contributed by atoms with Crippen LogP contribution in [0.1, 0.15) is 21.6 Å². The van der Waals surface area contributed by atoms with E-state index in [1.54, 1.807) is 16.9 Å². The minimum Gasteiger partial charge on any atom is -0.321 e.